The van der Waals surface area contributed by atoms with E-state index in [1.165, 1.54) is 0 Å². The average Bonchev–Trinajstić information content (AvgIpc) is 3.19. The number of carbonyl (C=O) groups is 2. The van der Waals surface area contributed by atoms with Crippen LogP contribution in [0.25, 0.3) is 0 Å². The normalized spacial score (nSPS) is 24.1. The first-order chi connectivity index (χ1) is 12.2. The zero-order chi connectivity index (χ0) is 17.5. The highest BCUT2D eigenvalue weighted by Gasteiger charge is 2.33. The Balaban J connectivity index is 1.40. The van der Waals surface area contributed by atoms with E-state index in [-0.39, 0.29) is 23.7 Å². The molecule has 0 aromatic carbocycles. The van der Waals surface area contributed by atoms with E-state index in [1.54, 1.807) is 6.26 Å². The molecule has 1 aromatic heterocycles. The average molecular weight is 349 g/mol. The Morgan fingerprint density at radius 1 is 1.24 bits per heavy atom. The van der Waals surface area contributed by atoms with E-state index in [1.807, 2.05) is 17.0 Å². The standard InChI is InChI=1S/C18H27N3O4/c22-17(20-5-1-3-16-4-2-8-25-16)14-11-15(13-19-12-14)18(23)21-6-9-24-10-7-21/h2,4,8,14-15,19H,1,3,5-7,9-13H2,(H,20,22). The lowest BCUT2D eigenvalue weighted by Crippen LogP contribution is -2.51. The molecule has 0 radical (unpaired) electrons. The maximum atomic E-state index is 12.6. The number of aryl methyl sites for hydroxylation is 1. The summed E-state index contributed by atoms with van der Waals surface area (Å²) in [6, 6.07) is 3.81. The Bertz CT molecular complexity index is 555. The van der Waals surface area contributed by atoms with E-state index >= 15 is 0 Å². The molecule has 0 aliphatic carbocycles. The number of piperidine rings is 1. The molecule has 2 saturated heterocycles. The van der Waals surface area contributed by atoms with Crippen LogP contribution in [-0.4, -0.2) is 62.7 Å². The number of carbonyl (C=O) groups excluding carboxylic acids is 2. The summed E-state index contributed by atoms with van der Waals surface area (Å²) in [6.45, 7) is 4.42. The van der Waals surface area contributed by atoms with Gasteiger partial charge in [-0.25, -0.2) is 0 Å². The van der Waals surface area contributed by atoms with Crippen molar-refractivity contribution in [3.8, 4) is 0 Å². The highest BCUT2D eigenvalue weighted by atomic mass is 16.5. The molecular weight excluding hydrogens is 322 g/mol. The van der Waals surface area contributed by atoms with Crippen LogP contribution in [0, 0.1) is 11.8 Å². The second-order valence-corrected chi connectivity index (χ2v) is 6.70. The van der Waals surface area contributed by atoms with Gasteiger partial charge in [0.2, 0.25) is 11.8 Å². The Hall–Kier alpha value is -1.86. The molecule has 25 heavy (non-hydrogen) atoms. The fraction of sp³-hybridized carbons (Fsp3) is 0.667. The third-order valence-corrected chi connectivity index (χ3v) is 4.87. The van der Waals surface area contributed by atoms with Crippen LogP contribution >= 0.6 is 0 Å². The minimum Gasteiger partial charge on any atom is -0.469 e. The van der Waals surface area contributed by atoms with E-state index in [9.17, 15) is 9.59 Å². The van der Waals surface area contributed by atoms with Gasteiger partial charge in [-0.1, -0.05) is 0 Å². The second kappa shape index (κ2) is 9.01. The molecule has 7 heteroatoms. The summed E-state index contributed by atoms with van der Waals surface area (Å²) < 4.78 is 10.6. The van der Waals surface area contributed by atoms with Gasteiger partial charge in [0, 0.05) is 39.1 Å². The molecular formula is C18H27N3O4. The third-order valence-electron chi connectivity index (χ3n) is 4.87. The number of morpholine rings is 1. The van der Waals surface area contributed by atoms with Crippen LogP contribution < -0.4 is 10.6 Å². The lowest BCUT2D eigenvalue weighted by Gasteiger charge is -2.34. The molecule has 2 amide bonds. The summed E-state index contributed by atoms with van der Waals surface area (Å²) in [5.41, 5.74) is 0. The molecule has 3 rings (SSSR count). The van der Waals surface area contributed by atoms with Gasteiger partial charge in [-0.2, -0.15) is 0 Å². The van der Waals surface area contributed by atoms with Crippen molar-refractivity contribution < 1.29 is 18.7 Å². The number of rotatable bonds is 6. The molecule has 3 heterocycles. The van der Waals surface area contributed by atoms with Crippen LogP contribution in [0.1, 0.15) is 18.6 Å². The number of furan rings is 1. The van der Waals surface area contributed by atoms with Gasteiger partial charge in [-0.15, -0.1) is 0 Å². The van der Waals surface area contributed by atoms with E-state index < -0.39 is 0 Å². The summed E-state index contributed by atoms with van der Waals surface area (Å²) >= 11 is 0. The predicted molar refractivity (Wildman–Crippen MR) is 91.9 cm³/mol. The fourth-order valence-electron chi connectivity index (χ4n) is 3.45. The van der Waals surface area contributed by atoms with Gasteiger partial charge in [-0.05, 0) is 25.0 Å². The van der Waals surface area contributed by atoms with Gasteiger partial charge in [0.15, 0.2) is 0 Å². The molecule has 7 nitrogen and oxygen atoms in total. The van der Waals surface area contributed by atoms with Crippen LogP contribution in [0.4, 0.5) is 0 Å². The highest BCUT2D eigenvalue weighted by molar-refractivity contribution is 5.83. The summed E-state index contributed by atoms with van der Waals surface area (Å²) in [6.07, 6.45) is 3.93. The minimum absolute atomic E-state index is 0.0337. The minimum atomic E-state index is -0.146. The lowest BCUT2D eigenvalue weighted by molar-refractivity contribution is -0.141. The van der Waals surface area contributed by atoms with E-state index in [4.69, 9.17) is 9.15 Å². The van der Waals surface area contributed by atoms with E-state index in [0.717, 1.165) is 18.6 Å². The van der Waals surface area contributed by atoms with Crippen molar-refractivity contribution in [2.45, 2.75) is 19.3 Å². The zero-order valence-corrected chi connectivity index (χ0v) is 14.5. The van der Waals surface area contributed by atoms with Crippen LogP contribution in [0.3, 0.4) is 0 Å². The molecule has 2 atom stereocenters. The summed E-state index contributed by atoms with van der Waals surface area (Å²) in [5.74, 6) is 0.848. The number of hydrogen-bond acceptors (Lipinski definition) is 5. The van der Waals surface area contributed by atoms with Crippen molar-refractivity contribution in [3.63, 3.8) is 0 Å². The first-order valence-corrected chi connectivity index (χ1v) is 9.11. The van der Waals surface area contributed by atoms with Crippen LogP contribution in [0.15, 0.2) is 22.8 Å². The number of ether oxygens (including phenoxy) is 1. The topological polar surface area (TPSA) is 83.8 Å². The molecule has 2 N–H and O–H groups in total. The molecule has 2 aliphatic heterocycles. The van der Waals surface area contributed by atoms with Crippen molar-refractivity contribution in [2.24, 2.45) is 11.8 Å². The molecule has 0 saturated carbocycles. The van der Waals surface area contributed by atoms with Crippen molar-refractivity contribution in [3.05, 3.63) is 24.2 Å². The van der Waals surface area contributed by atoms with Crippen LogP contribution in [0.5, 0.6) is 0 Å². The van der Waals surface area contributed by atoms with Gasteiger partial charge in [0.1, 0.15) is 5.76 Å². The SMILES string of the molecule is O=C(NCCCc1ccco1)C1CNCC(C(=O)N2CCOCC2)C1. The van der Waals surface area contributed by atoms with Crippen molar-refractivity contribution in [2.75, 3.05) is 45.9 Å². The summed E-state index contributed by atoms with van der Waals surface area (Å²) in [4.78, 5) is 26.8. The largest absolute Gasteiger partial charge is 0.469 e. The fourth-order valence-corrected chi connectivity index (χ4v) is 3.45. The maximum Gasteiger partial charge on any atom is 0.227 e. The first-order valence-electron chi connectivity index (χ1n) is 9.11. The highest BCUT2D eigenvalue weighted by Crippen LogP contribution is 2.19. The van der Waals surface area contributed by atoms with Crippen molar-refractivity contribution in [1.29, 1.82) is 0 Å². The first kappa shape index (κ1) is 17.9. The quantitative estimate of drug-likeness (QED) is 0.727. The van der Waals surface area contributed by atoms with Gasteiger partial charge in [0.25, 0.3) is 0 Å². The summed E-state index contributed by atoms with van der Waals surface area (Å²) in [5, 5.41) is 6.23. The molecule has 2 unspecified atom stereocenters. The number of hydrogen-bond donors (Lipinski definition) is 2. The van der Waals surface area contributed by atoms with Gasteiger partial charge < -0.3 is 24.7 Å². The molecule has 2 aliphatic rings. The Labute approximate surface area is 148 Å². The van der Waals surface area contributed by atoms with Gasteiger partial charge >= 0.3 is 0 Å². The van der Waals surface area contributed by atoms with Crippen LogP contribution in [-0.2, 0) is 20.7 Å². The van der Waals surface area contributed by atoms with Gasteiger partial charge in [-0.3, -0.25) is 9.59 Å². The zero-order valence-electron chi connectivity index (χ0n) is 14.5. The molecule has 1 aromatic rings. The predicted octanol–water partition coefficient (Wildman–Crippen LogP) is 0.413. The van der Waals surface area contributed by atoms with Crippen molar-refractivity contribution >= 4 is 11.8 Å². The summed E-state index contributed by atoms with van der Waals surface area (Å²) in [7, 11) is 0. The van der Waals surface area contributed by atoms with E-state index in [0.29, 0.717) is 52.4 Å². The maximum absolute atomic E-state index is 12.6. The molecule has 2 fully saturated rings. The lowest BCUT2D eigenvalue weighted by atomic mass is 9.88. The Morgan fingerprint density at radius 2 is 2.04 bits per heavy atom. The number of nitrogens with zero attached hydrogens (tertiary/aromatic N) is 1. The Morgan fingerprint density at radius 3 is 2.80 bits per heavy atom. The van der Waals surface area contributed by atoms with Crippen LogP contribution in [0.2, 0.25) is 0 Å². The molecule has 138 valence electrons. The molecule has 0 spiro atoms. The third kappa shape index (κ3) is 5.06. The number of nitrogens with one attached hydrogen (secondary N) is 2. The molecule has 0 bridgehead atoms. The smallest absolute Gasteiger partial charge is 0.227 e. The number of amides is 2. The van der Waals surface area contributed by atoms with Crippen molar-refractivity contribution in [1.82, 2.24) is 15.5 Å². The second-order valence-electron chi connectivity index (χ2n) is 6.70. The Kier molecular flexibility index (Phi) is 6.47. The van der Waals surface area contributed by atoms with Gasteiger partial charge in [0.05, 0.1) is 31.3 Å². The van der Waals surface area contributed by atoms with E-state index in [2.05, 4.69) is 10.6 Å². The monoisotopic (exact) mass is 349 g/mol.